The Morgan fingerprint density at radius 2 is 2.27 bits per heavy atom. The van der Waals surface area contributed by atoms with Crippen LogP contribution in [0.15, 0.2) is 46.8 Å². The summed E-state index contributed by atoms with van der Waals surface area (Å²) in [7, 11) is 0. The van der Waals surface area contributed by atoms with Gasteiger partial charge in [0.05, 0.1) is 0 Å². The number of anilines is 1. The Balaban J connectivity index is 2.09. The number of aryl methyl sites for hydroxylation is 1. The SMILES string of the molecule is C=CC(=O)Nc1cc(-c2nccs2)nc(-c2ccc(C)o2)n1. The highest BCUT2D eigenvalue weighted by Gasteiger charge is 2.13. The molecule has 1 N–H and O–H groups in total. The predicted molar refractivity (Wildman–Crippen MR) is 84.4 cm³/mol. The number of nitrogens with one attached hydrogen (secondary N) is 1. The number of carbonyl (C=O) groups excluding carboxylic acids is 1. The van der Waals surface area contributed by atoms with Crippen LogP contribution in [0.1, 0.15) is 5.76 Å². The summed E-state index contributed by atoms with van der Waals surface area (Å²) in [5.74, 6) is 1.71. The molecule has 0 fully saturated rings. The second kappa shape index (κ2) is 5.90. The van der Waals surface area contributed by atoms with Crippen LogP contribution in [0, 0.1) is 6.92 Å². The van der Waals surface area contributed by atoms with Gasteiger partial charge in [0.25, 0.3) is 0 Å². The maximum Gasteiger partial charge on any atom is 0.248 e. The molecule has 0 bridgehead atoms. The van der Waals surface area contributed by atoms with Crippen molar-refractivity contribution >= 4 is 23.1 Å². The average Bonchev–Trinajstić information content (AvgIpc) is 3.18. The molecule has 3 aromatic heterocycles. The van der Waals surface area contributed by atoms with Gasteiger partial charge >= 0.3 is 0 Å². The summed E-state index contributed by atoms with van der Waals surface area (Å²) in [6, 6.07) is 5.28. The molecule has 6 nitrogen and oxygen atoms in total. The molecule has 0 spiro atoms. The first-order valence-electron chi connectivity index (χ1n) is 6.45. The van der Waals surface area contributed by atoms with Gasteiger partial charge in [0.15, 0.2) is 11.6 Å². The summed E-state index contributed by atoms with van der Waals surface area (Å²) in [5.41, 5.74) is 0.619. The number of thiazole rings is 1. The summed E-state index contributed by atoms with van der Waals surface area (Å²) < 4.78 is 5.55. The second-order valence-corrected chi connectivity index (χ2v) is 5.30. The zero-order valence-electron chi connectivity index (χ0n) is 11.7. The van der Waals surface area contributed by atoms with E-state index in [2.05, 4.69) is 26.8 Å². The van der Waals surface area contributed by atoms with Crippen molar-refractivity contribution in [3.8, 4) is 22.3 Å². The number of nitrogens with zero attached hydrogens (tertiary/aromatic N) is 3. The molecule has 0 unspecified atom stereocenters. The van der Waals surface area contributed by atoms with Crippen LogP contribution in [0.5, 0.6) is 0 Å². The Kier molecular flexibility index (Phi) is 3.80. The molecule has 110 valence electrons. The molecular weight excluding hydrogens is 300 g/mol. The van der Waals surface area contributed by atoms with Gasteiger partial charge in [0, 0.05) is 17.6 Å². The molecule has 7 heteroatoms. The molecule has 0 atom stereocenters. The number of hydrogen-bond acceptors (Lipinski definition) is 6. The minimum absolute atomic E-state index is 0.342. The zero-order chi connectivity index (χ0) is 15.5. The van der Waals surface area contributed by atoms with Gasteiger partial charge < -0.3 is 9.73 Å². The van der Waals surface area contributed by atoms with Gasteiger partial charge in [-0.2, -0.15) is 0 Å². The van der Waals surface area contributed by atoms with Crippen molar-refractivity contribution in [3.05, 3.63) is 48.2 Å². The van der Waals surface area contributed by atoms with Crippen LogP contribution in [-0.4, -0.2) is 20.9 Å². The lowest BCUT2D eigenvalue weighted by molar-refractivity contribution is -0.111. The first-order chi connectivity index (χ1) is 10.7. The van der Waals surface area contributed by atoms with E-state index in [0.29, 0.717) is 23.1 Å². The van der Waals surface area contributed by atoms with Crippen molar-refractivity contribution in [2.45, 2.75) is 6.92 Å². The quantitative estimate of drug-likeness (QED) is 0.748. The fourth-order valence-corrected chi connectivity index (χ4v) is 2.41. The molecule has 3 aromatic rings. The number of furan rings is 1. The number of aromatic nitrogens is 3. The van der Waals surface area contributed by atoms with E-state index in [1.165, 1.54) is 17.4 Å². The first-order valence-corrected chi connectivity index (χ1v) is 7.33. The first kappa shape index (κ1) is 14.2. The number of hydrogen-bond donors (Lipinski definition) is 1. The lowest BCUT2D eigenvalue weighted by atomic mass is 10.3. The Morgan fingerprint density at radius 3 is 2.91 bits per heavy atom. The third-order valence-corrected chi connectivity index (χ3v) is 3.57. The van der Waals surface area contributed by atoms with E-state index in [0.717, 1.165) is 10.8 Å². The minimum atomic E-state index is -0.342. The smallest absolute Gasteiger partial charge is 0.248 e. The van der Waals surface area contributed by atoms with Crippen molar-refractivity contribution in [1.82, 2.24) is 15.0 Å². The Morgan fingerprint density at radius 1 is 1.41 bits per heavy atom. The molecule has 0 radical (unpaired) electrons. The monoisotopic (exact) mass is 312 g/mol. The van der Waals surface area contributed by atoms with Crippen LogP contribution in [-0.2, 0) is 4.79 Å². The molecule has 3 rings (SSSR count). The van der Waals surface area contributed by atoms with Crippen molar-refractivity contribution in [1.29, 1.82) is 0 Å². The summed E-state index contributed by atoms with van der Waals surface area (Å²) in [6.07, 6.45) is 2.88. The van der Waals surface area contributed by atoms with Crippen LogP contribution in [0.2, 0.25) is 0 Å². The van der Waals surface area contributed by atoms with Crippen LogP contribution < -0.4 is 5.32 Å². The van der Waals surface area contributed by atoms with Crippen LogP contribution in [0.4, 0.5) is 5.82 Å². The van der Waals surface area contributed by atoms with E-state index in [-0.39, 0.29) is 5.91 Å². The third-order valence-electron chi connectivity index (χ3n) is 2.77. The van der Waals surface area contributed by atoms with E-state index < -0.39 is 0 Å². The van der Waals surface area contributed by atoms with Crippen molar-refractivity contribution in [2.24, 2.45) is 0 Å². The minimum Gasteiger partial charge on any atom is -0.458 e. The van der Waals surface area contributed by atoms with Crippen LogP contribution in [0.25, 0.3) is 22.3 Å². The molecular formula is C15H12N4O2S. The van der Waals surface area contributed by atoms with E-state index in [9.17, 15) is 4.79 Å². The second-order valence-electron chi connectivity index (χ2n) is 4.40. The molecule has 3 heterocycles. The maximum atomic E-state index is 11.5. The summed E-state index contributed by atoms with van der Waals surface area (Å²) >= 11 is 1.45. The fraction of sp³-hybridized carbons (Fsp3) is 0.0667. The van der Waals surface area contributed by atoms with Crippen LogP contribution in [0.3, 0.4) is 0 Å². The van der Waals surface area contributed by atoms with Crippen molar-refractivity contribution in [3.63, 3.8) is 0 Å². The number of rotatable bonds is 4. The molecule has 22 heavy (non-hydrogen) atoms. The predicted octanol–water partition coefficient (Wildman–Crippen LogP) is 3.29. The van der Waals surface area contributed by atoms with E-state index in [1.54, 1.807) is 18.3 Å². The van der Waals surface area contributed by atoms with E-state index >= 15 is 0 Å². The van der Waals surface area contributed by atoms with Gasteiger partial charge in [0.2, 0.25) is 5.91 Å². The van der Waals surface area contributed by atoms with Gasteiger partial charge in [-0.05, 0) is 25.1 Å². The summed E-state index contributed by atoms with van der Waals surface area (Å²) in [5, 5.41) is 5.23. The summed E-state index contributed by atoms with van der Waals surface area (Å²) in [6.45, 7) is 5.27. The molecule has 1 amide bonds. The molecule has 0 aliphatic rings. The third kappa shape index (κ3) is 2.94. The lowest BCUT2D eigenvalue weighted by Crippen LogP contribution is -2.10. The topological polar surface area (TPSA) is 80.9 Å². The molecule has 0 aliphatic heterocycles. The molecule has 0 aromatic carbocycles. The molecule has 0 saturated carbocycles. The van der Waals surface area contributed by atoms with Crippen LogP contribution >= 0.6 is 11.3 Å². The highest BCUT2D eigenvalue weighted by molar-refractivity contribution is 7.13. The van der Waals surface area contributed by atoms with E-state index in [1.807, 2.05) is 18.4 Å². The average molecular weight is 312 g/mol. The number of carbonyl (C=O) groups is 1. The van der Waals surface area contributed by atoms with Crippen molar-refractivity contribution in [2.75, 3.05) is 5.32 Å². The van der Waals surface area contributed by atoms with Gasteiger partial charge in [-0.15, -0.1) is 11.3 Å². The fourth-order valence-electron chi connectivity index (χ4n) is 1.81. The zero-order valence-corrected chi connectivity index (χ0v) is 12.6. The Bertz CT molecular complexity index is 824. The van der Waals surface area contributed by atoms with Gasteiger partial charge in [-0.1, -0.05) is 6.58 Å². The van der Waals surface area contributed by atoms with Crippen molar-refractivity contribution < 1.29 is 9.21 Å². The van der Waals surface area contributed by atoms with E-state index in [4.69, 9.17) is 4.42 Å². The van der Waals surface area contributed by atoms with Gasteiger partial charge in [0.1, 0.15) is 22.3 Å². The molecule has 0 saturated heterocycles. The largest absolute Gasteiger partial charge is 0.458 e. The Hall–Kier alpha value is -2.80. The maximum absolute atomic E-state index is 11.5. The highest BCUT2D eigenvalue weighted by Crippen LogP contribution is 2.26. The summed E-state index contributed by atoms with van der Waals surface area (Å²) in [4.78, 5) is 24.5. The molecule has 0 aliphatic carbocycles. The highest BCUT2D eigenvalue weighted by atomic mass is 32.1. The number of amides is 1. The standard InChI is InChI=1S/C15H12N4O2S/c1-3-13(20)18-12-8-10(15-16-6-7-22-15)17-14(19-12)11-5-4-9(2)21-11/h3-8H,1H2,2H3,(H,17,18,19,20). The lowest BCUT2D eigenvalue weighted by Gasteiger charge is -2.06. The van der Waals surface area contributed by atoms with Gasteiger partial charge in [-0.3, -0.25) is 4.79 Å². The Labute approximate surface area is 130 Å². The van der Waals surface area contributed by atoms with Gasteiger partial charge in [-0.25, -0.2) is 15.0 Å². The normalized spacial score (nSPS) is 10.4.